The van der Waals surface area contributed by atoms with Gasteiger partial charge in [0.05, 0.1) is 79.3 Å². The zero-order valence-electron chi connectivity index (χ0n) is 61.9. The molecule has 0 radical (unpaired) electrons. The van der Waals surface area contributed by atoms with E-state index < -0.39 is 23.7 Å². The number of hydrogen-bond donors (Lipinski definition) is 0. The number of rotatable bonds is 40. The Kier molecular flexibility index (Phi) is 19.6. The predicted molar refractivity (Wildman–Crippen MR) is 398 cm³/mol. The molecule has 584 valence electrons. The van der Waals surface area contributed by atoms with Crippen LogP contribution in [-0.4, -0.2) is 232 Å². The molecule has 13 aliphatic rings. The third-order valence-electron chi connectivity index (χ3n) is 21.9. The van der Waals surface area contributed by atoms with Gasteiger partial charge in [-0.15, -0.1) is 0 Å². The molecule has 8 bridgehead atoms. The van der Waals surface area contributed by atoms with Gasteiger partial charge in [0.15, 0.2) is 0 Å². The van der Waals surface area contributed by atoms with Crippen molar-refractivity contribution < 1.29 is 114 Å². The van der Waals surface area contributed by atoms with Crippen LogP contribution in [0.25, 0.3) is 0 Å². The van der Waals surface area contributed by atoms with Crippen LogP contribution in [0.4, 0.5) is 0 Å². The van der Waals surface area contributed by atoms with Crippen LogP contribution in [0.15, 0.2) is 146 Å². The van der Waals surface area contributed by atoms with Crippen LogP contribution in [0.2, 0.25) is 0 Å². The summed E-state index contributed by atoms with van der Waals surface area (Å²) in [5.74, 6) is 4.33. The van der Waals surface area contributed by atoms with Gasteiger partial charge in [0.25, 0.3) is 0 Å². The molecule has 12 aliphatic heterocycles. The molecule has 24 heteroatoms. The van der Waals surface area contributed by atoms with E-state index in [4.69, 9.17) is 114 Å². The Morgan fingerprint density at radius 1 is 0.170 bits per heavy atom. The number of benzene rings is 8. The maximum absolute atomic E-state index is 7.33. The molecule has 0 saturated carbocycles. The molecule has 8 aromatic rings. The largest absolute Gasteiger partial charge is 0.491 e. The monoisotopic (exact) mass is 1530 g/mol. The molecule has 12 atom stereocenters. The second-order valence-corrected chi connectivity index (χ2v) is 30.9. The van der Waals surface area contributed by atoms with Crippen LogP contribution in [0.1, 0.15) is 90.4 Å². The van der Waals surface area contributed by atoms with Gasteiger partial charge in [-0.1, -0.05) is 48.5 Å². The average molecular weight is 1530 g/mol. The van der Waals surface area contributed by atoms with Crippen molar-refractivity contribution in [1.29, 1.82) is 0 Å². The number of epoxide rings is 12. The minimum Gasteiger partial charge on any atom is -0.491 e. The Balaban J connectivity index is 0.880. The van der Waals surface area contributed by atoms with E-state index in [-0.39, 0.29) is 126 Å². The smallest absolute Gasteiger partial charge is 0.127 e. The van der Waals surface area contributed by atoms with Crippen molar-refractivity contribution >= 4 is 0 Å². The first-order valence-electron chi connectivity index (χ1n) is 39.4. The van der Waals surface area contributed by atoms with Crippen LogP contribution >= 0.6 is 0 Å². The Hall–Kier alpha value is -9.12. The maximum atomic E-state index is 7.33. The summed E-state index contributed by atoms with van der Waals surface area (Å²) in [6.07, 6.45) is -1.09. The molecule has 0 N–H and O–H groups in total. The molecular weight excluding hydrogens is 1440 g/mol. The summed E-state index contributed by atoms with van der Waals surface area (Å²) in [4.78, 5) is 0. The quantitative estimate of drug-likeness (QED) is 0.0323. The summed E-state index contributed by atoms with van der Waals surface area (Å²) in [7, 11) is 0. The molecule has 12 unspecified atom stereocenters. The van der Waals surface area contributed by atoms with Gasteiger partial charge in [0.2, 0.25) is 0 Å². The lowest BCUT2D eigenvalue weighted by molar-refractivity contribution is 0.246. The van der Waals surface area contributed by atoms with Crippen LogP contribution in [0, 0.1) is 0 Å². The number of fused-ring (bicyclic) bond motifs is 8. The minimum absolute atomic E-state index is 0.0256. The van der Waals surface area contributed by atoms with Gasteiger partial charge in [0.1, 0.15) is 222 Å². The molecule has 21 rings (SSSR count). The molecule has 8 aromatic carbocycles. The van der Waals surface area contributed by atoms with Crippen molar-refractivity contribution in [3.05, 3.63) is 212 Å². The van der Waals surface area contributed by atoms with Gasteiger partial charge in [-0.3, -0.25) is 0 Å². The molecule has 12 fully saturated rings. The molecule has 0 aromatic heterocycles. The van der Waals surface area contributed by atoms with Gasteiger partial charge in [0, 0.05) is 92.4 Å². The van der Waals surface area contributed by atoms with Crippen molar-refractivity contribution in [2.75, 3.05) is 159 Å². The van der Waals surface area contributed by atoms with Gasteiger partial charge in [-0.2, -0.15) is 0 Å². The van der Waals surface area contributed by atoms with E-state index in [1.54, 1.807) is 0 Å². The van der Waals surface area contributed by atoms with Gasteiger partial charge in [-0.25, -0.2) is 0 Å². The lowest BCUT2D eigenvalue weighted by Crippen LogP contribution is -2.19. The normalized spacial score (nSPS) is 28.3. The van der Waals surface area contributed by atoms with Crippen LogP contribution in [0.5, 0.6) is 69.0 Å². The van der Waals surface area contributed by atoms with E-state index >= 15 is 0 Å². The Bertz CT molecular complexity index is 3900. The summed E-state index contributed by atoms with van der Waals surface area (Å²) in [5.41, 5.74) is 9.82. The topological polar surface area (TPSA) is 261 Å². The molecule has 0 amide bonds. The van der Waals surface area contributed by atoms with Crippen LogP contribution in [0.3, 0.4) is 0 Å². The summed E-state index contributed by atoms with van der Waals surface area (Å²) in [6, 6.07) is 50.6. The zero-order chi connectivity index (χ0) is 74.0. The van der Waals surface area contributed by atoms with E-state index in [0.29, 0.717) is 175 Å². The highest BCUT2D eigenvalue weighted by Crippen LogP contribution is 2.56. The van der Waals surface area contributed by atoms with E-state index in [1.165, 1.54) is 0 Å². The summed E-state index contributed by atoms with van der Waals surface area (Å²) < 4.78 is 155. The lowest BCUT2D eigenvalue weighted by Gasteiger charge is -2.33. The van der Waals surface area contributed by atoms with Crippen molar-refractivity contribution in [2.24, 2.45) is 0 Å². The fourth-order valence-corrected chi connectivity index (χ4v) is 14.5. The predicted octanol–water partition coefficient (Wildman–Crippen LogP) is 10.1. The maximum Gasteiger partial charge on any atom is 0.127 e. The summed E-state index contributed by atoms with van der Waals surface area (Å²) in [6.45, 7) is 10.6. The summed E-state index contributed by atoms with van der Waals surface area (Å²) >= 11 is 0. The Labute approximate surface area is 647 Å². The first-order valence-corrected chi connectivity index (χ1v) is 39.4. The van der Waals surface area contributed by atoms with E-state index in [0.717, 1.165) is 66.8 Å². The minimum atomic E-state index is -0.717. The fraction of sp³-hybridized carbons (Fsp3) is 0.455. The second kappa shape index (κ2) is 31.0. The summed E-state index contributed by atoms with van der Waals surface area (Å²) in [5, 5.41) is 0. The second-order valence-electron chi connectivity index (χ2n) is 30.9. The number of ether oxygens (including phenoxy) is 24. The first-order chi connectivity index (χ1) is 55.3. The van der Waals surface area contributed by atoms with Crippen molar-refractivity contribution in [3.63, 3.8) is 0 Å². The Morgan fingerprint density at radius 2 is 0.295 bits per heavy atom. The average Bonchev–Trinajstić information content (AvgIpc) is 1.33. The zero-order valence-corrected chi connectivity index (χ0v) is 61.9. The molecule has 1 aliphatic carbocycles. The van der Waals surface area contributed by atoms with Crippen molar-refractivity contribution in [1.82, 2.24) is 0 Å². The van der Waals surface area contributed by atoms with E-state index in [1.807, 2.05) is 48.5 Å². The van der Waals surface area contributed by atoms with Gasteiger partial charge >= 0.3 is 0 Å². The third-order valence-corrected chi connectivity index (χ3v) is 21.9. The SMILES string of the molecule is c1cc(C2c3cc(c(OCC4CO4)cc3OCC3CO3)C(c3ccc(OCC4CO4)cc3)c3cc(c(OCC4CO4)cc3OCC3CO3)C(c3ccc(OCC4CO4)cc3)c3cc(c(OCC4CO4)cc3OCC3CO3)C(c3ccc(OCC4CO4)cc3)c3cc2c(OCC2CO2)cc3OCC2CO2)ccc1OCC1CO1. The molecule has 12 saturated heterocycles. The van der Waals surface area contributed by atoms with Crippen molar-refractivity contribution in [3.8, 4) is 69.0 Å². The van der Waals surface area contributed by atoms with Crippen molar-refractivity contribution in [2.45, 2.75) is 96.9 Å². The molecule has 0 spiro atoms. The highest BCUT2D eigenvalue weighted by molar-refractivity contribution is 5.69. The highest BCUT2D eigenvalue weighted by Gasteiger charge is 2.42. The fourth-order valence-electron chi connectivity index (χ4n) is 14.5. The van der Waals surface area contributed by atoms with Gasteiger partial charge in [-0.05, 0) is 95.1 Å². The number of hydrogen-bond acceptors (Lipinski definition) is 24. The first kappa shape index (κ1) is 70.7. The standard InChI is InChI=1S/C88H88O24/c1-9-53(89-25-57-29-93-57)10-2-49(1)85-69-17-71(79(107-43-63-35-99-63)21-77(69)105-41-61-33-97-61)86(50-3-11-54(12-4-50)90-26-58-30-94-58)73-19-75(83(111-47-67-39-103-67)23-81(73)109-45-65-37-101-65)88(52-7-15-56(16-8-52)92-28-60-32-96-60)76-20-74(82(110-46-66-38-102-66)24-84(76)112-48-68-40-104-68)87(51-5-13-55(14-6-51)91-27-59-31-95-59)72-18-70(85)78(106-42-62-34-98-62)22-80(72)108-44-64-36-100-64/h1-24,57-68,85-88H,25-48H2. The van der Waals surface area contributed by atoms with Crippen LogP contribution < -0.4 is 56.8 Å². The van der Waals surface area contributed by atoms with E-state index in [9.17, 15) is 0 Å². The van der Waals surface area contributed by atoms with Gasteiger partial charge < -0.3 is 114 Å². The van der Waals surface area contributed by atoms with E-state index in [2.05, 4.69) is 97.1 Å². The third kappa shape index (κ3) is 17.6. The van der Waals surface area contributed by atoms with Crippen LogP contribution in [-0.2, 0) is 56.8 Å². The lowest BCUT2D eigenvalue weighted by atomic mass is 9.75. The molecule has 24 nitrogen and oxygen atoms in total. The molecule has 112 heavy (non-hydrogen) atoms. The Morgan fingerprint density at radius 3 is 0.420 bits per heavy atom. The molecular formula is C88H88O24. The molecule has 12 heterocycles. The highest BCUT2D eigenvalue weighted by atomic mass is 16.7.